The minimum absolute atomic E-state index is 0.136. The lowest BCUT2D eigenvalue weighted by Crippen LogP contribution is -2.36. The molecular formula is C27H32N2O5S2. The van der Waals surface area contributed by atoms with Crippen LogP contribution in [-0.4, -0.2) is 44.9 Å². The number of nitrogens with zero attached hydrogens (tertiary/aromatic N) is 2. The molecule has 7 nitrogen and oxygen atoms in total. The molecule has 0 aromatic heterocycles. The van der Waals surface area contributed by atoms with Gasteiger partial charge in [0.1, 0.15) is 5.75 Å². The molecule has 0 unspecified atom stereocenters. The van der Waals surface area contributed by atoms with E-state index in [0.29, 0.717) is 13.0 Å². The highest BCUT2D eigenvalue weighted by Gasteiger charge is 2.29. The molecule has 4 rings (SSSR count). The molecule has 3 aromatic rings. The van der Waals surface area contributed by atoms with Crippen LogP contribution in [0.4, 0.5) is 0 Å². The largest absolute Gasteiger partial charge is 0.382 e. The van der Waals surface area contributed by atoms with E-state index >= 15 is 0 Å². The Bertz CT molecular complexity index is 1390. The van der Waals surface area contributed by atoms with Gasteiger partial charge in [-0.3, -0.25) is 4.90 Å². The lowest BCUT2D eigenvalue weighted by atomic mass is 10.0. The van der Waals surface area contributed by atoms with Crippen LogP contribution in [0.1, 0.15) is 36.1 Å². The fourth-order valence-electron chi connectivity index (χ4n) is 4.27. The van der Waals surface area contributed by atoms with Crippen LogP contribution in [0.3, 0.4) is 0 Å². The van der Waals surface area contributed by atoms with E-state index in [1.54, 1.807) is 24.3 Å². The van der Waals surface area contributed by atoms with Crippen molar-refractivity contribution < 1.29 is 21.0 Å². The van der Waals surface area contributed by atoms with Crippen molar-refractivity contribution in [1.82, 2.24) is 9.21 Å². The molecule has 0 N–H and O–H groups in total. The minimum Gasteiger partial charge on any atom is -0.382 e. The highest BCUT2D eigenvalue weighted by Crippen LogP contribution is 2.28. The van der Waals surface area contributed by atoms with Gasteiger partial charge in [-0.1, -0.05) is 55.5 Å². The molecule has 36 heavy (non-hydrogen) atoms. The van der Waals surface area contributed by atoms with Gasteiger partial charge < -0.3 is 4.18 Å². The van der Waals surface area contributed by atoms with Crippen molar-refractivity contribution in [3.05, 3.63) is 95.1 Å². The van der Waals surface area contributed by atoms with Gasteiger partial charge >= 0.3 is 10.1 Å². The third-order valence-electron chi connectivity index (χ3n) is 6.40. The van der Waals surface area contributed by atoms with Gasteiger partial charge in [0, 0.05) is 26.2 Å². The predicted octanol–water partition coefficient (Wildman–Crippen LogP) is 4.18. The van der Waals surface area contributed by atoms with Gasteiger partial charge in [0.05, 0.1) is 10.6 Å². The fraction of sp³-hybridized carbons (Fsp3) is 0.333. The van der Waals surface area contributed by atoms with E-state index in [9.17, 15) is 16.8 Å². The summed E-state index contributed by atoms with van der Waals surface area (Å²) in [4.78, 5) is 2.56. The minimum atomic E-state index is -3.70. The van der Waals surface area contributed by atoms with Crippen LogP contribution >= 0.6 is 0 Å². The summed E-state index contributed by atoms with van der Waals surface area (Å²) < 4.78 is 56.9. The second kappa shape index (κ2) is 11.1. The highest BCUT2D eigenvalue weighted by molar-refractivity contribution is 7.89. The van der Waals surface area contributed by atoms with E-state index in [0.717, 1.165) is 36.3 Å². The Morgan fingerprint density at radius 1 is 0.833 bits per heavy atom. The van der Waals surface area contributed by atoms with Gasteiger partial charge in [-0.2, -0.15) is 12.7 Å². The summed E-state index contributed by atoms with van der Waals surface area (Å²) in [5.74, 6) is 0.0678. The lowest BCUT2D eigenvalue weighted by molar-refractivity contribution is 0.271. The molecule has 9 heteroatoms. The van der Waals surface area contributed by atoms with Gasteiger partial charge in [0.25, 0.3) is 0 Å². The zero-order chi connectivity index (χ0) is 25.8. The van der Waals surface area contributed by atoms with Crippen molar-refractivity contribution in [2.45, 2.75) is 44.8 Å². The average molecular weight is 529 g/mol. The van der Waals surface area contributed by atoms with Crippen molar-refractivity contribution in [3.8, 4) is 5.75 Å². The first-order chi connectivity index (χ1) is 17.2. The van der Waals surface area contributed by atoms with Crippen LogP contribution < -0.4 is 4.18 Å². The molecule has 0 amide bonds. The van der Waals surface area contributed by atoms with Crippen LogP contribution in [-0.2, 0) is 46.2 Å². The first-order valence-electron chi connectivity index (χ1n) is 12.1. The molecule has 0 bridgehead atoms. The zero-order valence-corrected chi connectivity index (χ0v) is 22.3. The number of fused-ring (bicyclic) bond motifs is 1. The quantitative estimate of drug-likeness (QED) is 0.367. The maximum atomic E-state index is 13.4. The summed E-state index contributed by atoms with van der Waals surface area (Å²) in [6.45, 7) is 6.60. The molecule has 1 heterocycles. The number of rotatable bonds is 10. The summed E-state index contributed by atoms with van der Waals surface area (Å²) in [6, 6.07) is 22.4. The van der Waals surface area contributed by atoms with Gasteiger partial charge in [0.15, 0.2) is 0 Å². The fourth-order valence-corrected chi connectivity index (χ4v) is 6.20. The summed E-state index contributed by atoms with van der Waals surface area (Å²) in [7, 11) is -7.35. The molecule has 0 spiro atoms. The van der Waals surface area contributed by atoms with E-state index in [1.165, 1.54) is 16.8 Å². The van der Waals surface area contributed by atoms with Crippen LogP contribution in [0.2, 0.25) is 0 Å². The van der Waals surface area contributed by atoms with Gasteiger partial charge in [0.2, 0.25) is 10.0 Å². The number of benzene rings is 3. The van der Waals surface area contributed by atoms with Crippen LogP contribution in [0, 0.1) is 0 Å². The summed E-state index contributed by atoms with van der Waals surface area (Å²) in [5, 5.41) is 0. The Kier molecular flexibility index (Phi) is 8.14. The second-order valence-electron chi connectivity index (χ2n) is 8.88. The standard InChI is InChI=1S/C27H32N2O5S2/c1-3-28(19-22-8-6-5-7-9-22)20-23-10-14-27(15-11-23)36(32,33)29-17-16-24-12-13-26(18-25(24)21-29)34-35(30,31)4-2/h5-15,18H,3-4,16-17,19-21H2,1-2H3. The van der Waals surface area contributed by atoms with Gasteiger partial charge in [-0.05, 0) is 66.4 Å². The molecule has 0 aliphatic carbocycles. The molecule has 0 radical (unpaired) electrons. The molecule has 0 fully saturated rings. The van der Waals surface area contributed by atoms with E-state index in [-0.39, 0.29) is 22.9 Å². The Morgan fingerprint density at radius 3 is 2.14 bits per heavy atom. The van der Waals surface area contributed by atoms with Crippen molar-refractivity contribution in [1.29, 1.82) is 0 Å². The summed E-state index contributed by atoms with van der Waals surface area (Å²) >= 11 is 0. The monoisotopic (exact) mass is 528 g/mol. The molecule has 0 saturated carbocycles. The number of hydrogen-bond acceptors (Lipinski definition) is 6. The van der Waals surface area contributed by atoms with E-state index in [1.807, 2.05) is 36.4 Å². The maximum absolute atomic E-state index is 13.4. The molecule has 1 aliphatic heterocycles. The first-order valence-corrected chi connectivity index (χ1v) is 15.1. The molecule has 192 valence electrons. The molecule has 1 aliphatic rings. The van der Waals surface area contributed by atoms with Crippen LogP contribution in [0.25, 0.3) is 0 Å². The lowest BCUT2D eigenvalue weighted by Gasteiger charge is -2.28. The highest BCUT2D eigenvalue weighted by atomic mass is 32.2. The maximum Gasteiger partial charge on any atom is 0.308 e. The zero-order valence-electron chi connectivity index (χ0n) is 20.6. The molecule has 3 aromatic carbocycles. The van der Waals surface area contributed by atoms with Crippen molar-refractivity contribution in [2.24, 2.45) is 0 Å². The normalized spacial score (nSPS) is 14.5. The van der Waals surface area contributed by atoms with E-state index in [2.05, 4.69) is 24.0 Å². The Hall–Kier alpha value is -2.72. The number of sulfonamides is 1. The average Bonchev–Trinajstić information content (AvgIpc) is 2.88. The molecule has 0 atom stereocenters. The SMILES string of the molecule is CCN(Cc1ccccc1)Cc1ccc(S(=O)(=O)N2CCc3ccc(OS(=O)(=O)CC)cc3C2)cc1. The number of hydrogen-bond donors (Lipinski definition) is 0. The smallest absolute Gasteiger partial charge is 0.308 e. The third-order valence-corrected chi connectivity index (χ3v) is 9.41. The first kappa shape index (κ1) is 26.3. The van der Waals surface area contributed by atoms with Crippen molar-refractivity contribution in [3.63, 3.8) is 0 Å². The summed E-state index contributed by atoms with van der Waals surface area (Å²) in [5.41, 5.74) is 4.04. The molecule has 0 saturated heterocycles. The summed E-state index contributed by atoms with van der Waals surface area (Å²) in [6.07, 6.45) is 0.554. The third kappa shape index (κ3) is 6.34. The van der Waals surface area contributed by atoms with Crippen molar-refractivity contribution >= 4 is 20.1 Å². The van der Waals surface area contributed by atoms with Crippen LogP contribution in [0.15, 0.2) is 77.7 Å². The topological polar surface area (TPSA) is 84.0 Å². The Labute approximate surface area is 214 Å². The van der Waals surface area contributed by atoms with Gasteiger partial charge in [-0.15, -0.1) is 0 Å². The van der Waals surface area contributed by atoms with Gasteiger partial charge in [-0.25, -0.2) is 8.42 Å². The predicted molar refractivity (Wildman–Crippen MR) is 141 cm³/mol. The van der Waals surface area contributed by atoms with Crippen LogP contribution in [0.5, 0.6) is 5.75 Å². The van der Waals surface area contributed by atoms with Crippen molar-refractivity contribution in [2.75, 3.05) is 18.8 Å². The van der Waals surface area contributed by atoms with E-state index < -0.39 is 20.1 Å². The Morgan fingerprint density at radius 2 is 1.50 bits per heavy atom. The second-order valence-corrected chi connectivity index (χ2v) is 12.7. The van der Waals surface area contributed by atoms with E-state index in [4.69, 9.17) is 4.18 Å². The Balaban J connectivity index is 1.45. The molecular weight excluding hydrogens is 496 g/mol.